The molecule has 4 aromatic carbocycles. The van der Waals surface area contributed by atoms with Crippen molar-refractivity contribution >= 4 is 50.9 Å². The van der Waals surface area contributed by atoms with Crippen LogP contribution in [0.4, 0.5) is 5.69 Å². The zero-order chi connectivity index (χ0) is 21.6. The molecule has 0 saturated carbocycles. The second-order valence-electron chi connectivity index (χ2n) is 7.16. The second kappa shape index (κ2) is 9.75. The van der Waals surface area contributed by atoms with Crippen LogP contribution in [0, 0.1) is 3.57 Å². The third-order valence-corrected chi connectivity index (χ3v) is 6.00. The van der Waals surface area contributed by atoms with E-state index in [4.69, 9.17) is 0 Å². The molecule has 4 aromatic rings. The highest BCUT2D eigenvalue weighted by molar-refractivity contribution is 14.1. The molecule has 0 heterocycles. The van der Waals surface area contributed by atoms with Crippen molar-refractivity contribution < 1.29 is 9.59 Å². The summed E-state index contributed by atoms with van der Waals surface area (Å²) in [6.45, 7) is 0.533. The molecule has 31 heavy (non-hydrogen) atoms. The zero-order valence-electron chi connectivity index (χ0n) is 16.8. The van der Waals surface area contributed by atoms with Gasteiger partial charge in [-0.05, 0) is 75.7 Å². The number of carbonyl (C=O) groups excluding carboxylic acids is 2. The predicted molar refractivity (Wildman–Crippen MR) is 134 cm³/mol. The highest BCUT2D eigenvalue weighted by atomic mass is 127. The van der Waals surface area contributed by atoms with Crippen molar-refractivity contribution in [2.45, 2.75) is 6.42 Å². The molecule has 2 amide bonds. The first-order chi connectivity index (χ1) is 15.1. The summed E-state index contributed by atoms with van der Waals surface area (Å²) < 4.78 is 0.875. The van der Waals surface area contributed by atoms with Crippen molar-refractivity contribution in [2.75, 3.05) is 11.9 Å². The Morgan fingerprint density at radius 1 is 0.774 bits per heavy atom. The highest BCUT2D eigenvalue weighted by Gasteiger charge is 2.11. The predicted octanol–water partition coefficient (Wildman–Crippen LogP) is 5.67. The minimum atomic E-state index is -0.196. The minimum Gasteiger partial charge on any atom is -0.352 e. The smallest absolute Gasteiger partial charge is 0.256 e. The molecule has 0 fully saturated rings. The van der Waals surface area contributed by atoms with Crippen LogP contribution in [0.25, 0.3) is 10.8 Å². The summed E-state index contributed by atoms with van der Waals surface area (Å²) in [5, 5.41) is 8.26. The van der Waals surface area contributed by atoms with Crippen molar-refractivity contribution in [1.82, 2.24) is 5.32 Å². The van der Waals surface area contributed by atoms with Gasteiger partial charge >= 0.3 is 0 Å². The fourth-order valence-corrected chi connectivity index (χ4v) is 4.14. The molecule has 4 rings (SSSR count). The van der Waals surface area contributed by atoms with Crippen molar-refractivity contribution in [1.29, 1.82) is 0 Å². The van der Waals surface area contributed by atoms with E-state index < -0.39 is 0 Å². The van der Waals surface area contributed by atoms with Crippen LogP contribution in [0.15, 0.2) is 91.0 Å². The van der Waals surface area contributed by atoms with Gasteiger partial charge in [-0.15, -0.1) is 0 Å². The molecule has 0 aliphatic rings. The van der Waals surface area contributed by atoms with Crippen LogP contribution in [0.2, 0.25) is 0 Å². The Hall–Kier alpha value is -3.19. The number of hydrogen-bond acceptors (Lipinski definition) is 2. The Balaban J connectivity index is 1.39. The zero-order valence-corrected chi connectivity index (χ0v) is 18.9. The molecule has 2 N–H and O–H groups in total. The molecule has 0 aliphatic heterocycles. The summed E-state index contributed by atoms with van der Waals surface area (Å²) in [6, 6.07) is 28.8. The standard InChI is InChI=1S/C26H21IN2O2/c27-24-14-4-3-13-23(24)26(31)29-21-11-6-10-20(17-21)25(30)28-16-15-19-9-5-8-18-7-1-2-12-22(18)19/h1-14,17H,15-16H2,(H,28,30)(H,29,31). The Bertz CT molecular complexity index is 1250. The number of halogens is 1. The quantitative estimate of drug-likeness (QED) is 0.322. The van der Waals surface area contributed by atoms with Gasteiger partial charge in [-0.25, -0.2) is 0 Å². The first kappa shape index (κ1) is 21.1. The number of fused-ring (bicyclic) bond motifs is 1. The van der Waals surface area contributed by atoms with Gasteiger partial charge in [-0.2, -0.15) is 0 Å². The summed E-state index contributed by atoms with van der Waals surface area (Å²) in [7, 11) is 0. The van der Waals surface area contributed by atoms with Crippen LogP contribution in [0.3, 0.4) is 0 Å². The molecule has 4 nitrogen and oxygen atoms in total. The molecule has 0 bridgehead atoms. The molecule has 0 unspecified atom stereocenters. The van der Waals surface area contributed by atoms with Gasteiger partial charge in [0.15, 0.2) is 0 Å². The summed E-state index contributed by atoms with van der Waals surface area (Å²) in [5.41, 5.74) is 2.91. The Morgan fingerprint density at radius 3 is 2.39 bits per heavy atom. The number of amides is 2. The van der Waals surface area contributed by atoms with Crippen molar-refractivity contribution in [3.63, 3.8) is 0 Å². The summed E-state index contributed by atoms with van der Waals surface area (Å²) >= 11 is 2.14. The monoisotopic (exact) mass is 520 g/mol. The van der Waals surface area contributed by atoms with Gasteiger partial charge in [0.1, 0.15) is 0 Å². The lowest BCUT2D eigenvalue weighted by atomic mass is 10.0. The number of rotatable bonds is 6. The number of benzene rings is 4. The van der Waals surface area contributed by atoms with E-state index in [0.29, 0.717) is 23.4 Å². The third kappa shape index (κ3) is 5.11. The molecule has 0 aromatic heterocycles. The summed E-state index contributed by atoms with van der Waals surface area (Å²) in [6.07, 6.45) is 0.746. The van der Waals surface area contributed by atoms with Gasteiger partial charge in [0.05, 0.1) is 5.56 Å². The number of carbonyl (C=O) groups is 2. The molecule has 154 valence electrons. The van der Waals surface area contributed by atoms with Gasteiger partial charge in [-0.3, -0.25) is 9.59 Å². The van der Waals surface area contributed by atoms with Gasteiger partial charge in [0.25, 0.3) is 11.8 Å². The van der Waals surface area contributed by atoms with Gasteiger partial charge in [0, 0.05) is 21.4 Å². The molecule has 0 radical (unpaired) electrons. The van der Waals surface area contributed by atoms with Crippen LogP contribution in [-0.4, -0.2) is 18.4 Å². The average Bonchev–Trinajstić information content (AvgIpc) is 2.79. The maximum atomic E-state index is 12.6. The number of hydrogen-bond donors (Lipinski definition) is 2. The van der Waals surface area contributed by atoms with E-state index in [2.05, 4.69) is 57.5 Å². The minimum absolute atomic E-state index is 0.161. The van der Waals surface area contributed by atoms with Crippen molar-refractivity contribution in [3.8, 4) is 0 Å². The summed E-state index contributed by atoms with van der Waals surface area (Å²) in [4.78, 5) is 25.2. The third-order valence-electron chi connectivity index (χ3n) is 5.06. The number of nitrogens with one attached hydrogen (secondary N) is 2. The highest BCUT2D eigenvalue weighted by Crippen LogP contribution is 2.19. The van der Waals surface area contributed by atoms with Crippen molar-refractivity contribution in [2.24, 2.45) is 0 Å². The maximum Gasteiger partial charge on any atom is 0.256 e. The van der Waals surface area contributed by atoms with E-state index in [1.165, 1.54) is 16.3 Å². The number of anilines is 1. The normalized spacial score (nSPS) is 10.6. The van der Waals surface area contributed by atoms with E-state index in [0.717, 1.165) is 9.99 Å². The Kier molecular flexibility index (Phi) is 6.62. The van der Waals surface area contributed by atoms with Gasteiger partial charge < -0.3 is 10.6 Å². The first-order valence-corrected chi connectivity index (χ1v) is 11.1. The first-order valence-electron chi connectivity index (χ1n) is 10.0. The fourth-order valence-electron chi connectivity index (χ4n) is 3.51. The van der Waals surface area contributed by atoms with Gasteiger partial charge in [0.2, 0.25) is 0 Å². The largest absolute Gasteiger partial charge is 0.352 e. The molecule has 0 saturated heterocycles. The fraction of sp³-hybridized carbons (Fsp3) is 0.0769. The lowest BCUT2D eigenvalue weighted by molar-refractivity contribution is 0.0952. The topological polar surface area (TPSA) is 58.2 Å². The SMILES string of the molecule is O=C(NCCc1cccc2ccccc12)c1cccc(NC(=O)c2ccccc2I)c1. The van der Waals surface area contributed by atoms with E-state index in [-0.39, 0.29) is 11.8 Å². The summed E-state index contributed by atoms with van der Waals surface area (Å²) in [5.74, 6) is -0.357. The van der Waals surface area contributed by atoms with E-state index in [1.807, 2.05) is 36.4 Å². The van der Waals surface area contributed by atoms with Crippen LogP contribution in [0.1, 0.15) is 26.3 Å². The van der Waals surface area contributed by atoms with Crippen LogP contribution >= 0.6 is 22.6 Å². The molecule has 5 heteroatoms. The Morgan fingerprint density at radius 2 is 1.52 bits per heavy atom. The van der Waals surface area contributed by atoms with Gasteiger partial charge in [-0.1, -0.05) is 60.7 Å². The van der Waals surface area contributed by atoms with E-state index >= 15 is 0 Å². The molecule has 0 spiro atoms. The lowest BCUT2D eigenvalue weighted by Gasteiger charge is -2.10. The molecule has 0 atom stereocenters. The molecular weight excluding hydrogens is 499 g/mol. The second-order valence-corrected chi connectivity index (χ2v) is 8.32. The van der Waals surface area contributed by atoms with Crippen LogP contribution in [-0.2, 0) is 6.42 Å². The maximum absolute atomic E-state index is 12.6. The van der Waals surface area contributed by atoms with Crippen LogP contribution < -0.4 is 10.6 Å². The van der Waals surface area contributed by atoms with E-state index in [9.17, 15) is 9.59 Å². The van der Waals surface area contributed by atoms with Crippen molar-refractivity contribution in [3.05, 3.63) is 111 Å². The molecule has 0 aliphatic carbocycles. The van der Waals surface area contributed by atoms with E-state index in [1.54, 1.807) is 30.3 Å². The Labute approximate surface area is 194 Å². The lowest BCUT2D eigenvalue weighted by Crippen LogP contribution is -2.26. The van der Waals surface area contributed by atoms with Crippen LogP contribution in [0.5, 0.6) is 0 Å². The molecular formula is C26H21IN2O2. The average molecular weight is 520 g/mol.